The first-order chi connectivity index (χ1) is 9.51. The van der Waals surface area contributed by atoms with E-state index in [1.165, 1.54) is 0 Å². The van der Waals surface area contributed by atoms with Gasteiger partial charge in [0.05, 0.1) is 18.4 Å². The van der Waals surface area contributed by atoms with Crippen LogP contribution in [-0.2, 0) is 14.4 Å². The van der Waals surface area contributed by atoms with Crippen LogP contribution in [0.25, 0.3) is 0 Å². The van der Waals surface area contributed by atoms with Crippen molar-refractivity contribution >= 4 is 17.8 Å². The summed E-state index contributed by atoms with van der Waals surface area (Å²) in [4.78, 5) is 36.6. The number of carbonyl (C=O) groups is 3. The number of allylic oxidation sites excluding steroid dienone is 2. The fourth-order valence-electron chi connectivity index (χ4n) is 2.36. The number of likely N-dealkylation sites (N-methyl/N-ethyl adjacent to an activating group) is 1. The molecule has 0 radical (unpaired) electrons. The number of nitrogens with zero attached hydrogens (tertiary/aromatic N) is 1. The Hall–Kier alpha value is -1.85. The van der Waals surface area contributed by atoms with E-state index in [4.69, 9.17) is 5.11 Å². The van der Waals surface area contributed by atoms with Crippen molar-refractivity contribution in [1.29, 1.82) is 0 Å². The summed E-state index contributed by atoms with van der Waals surface area (Å²) in [7, 11) is 0. The second-order valence-electron chi connectivity index (χ2n) is 4.78. The van der Waals surface area contributed by atoms with Crippen LogP contribution < -0.4 is 5.32 Å². The van der Waals surface area contributed by atoms with Crippen LogP contribution in [0.2, 0.25) is 0 Å². The van der Waals surface area contributed by atoms with Crippen LogP contribution in [-0.4, -0.2) is 47.4 Å². The van der Waals surface area contributed by atoms with Crippen LogP contribution >= 0.6 is 0 Å². The van der Waals surface area contributed by atoms with Crippen molar-refractivity contribution in [2.75, 3.05) is 19.6 Å². The minimum absolute atomic E-state index is 0.0763. The summed E-state index contributed by atoms with van der Waals surface area (Å²) in [6, 6.07) is 0. The smallest absolute Gasteiger partial charge is 0.307 e. The predicted molar refractivity (Wildman–Crippen MR) is 73.9 cm³/mol. The minimum Gasteiger partial charge on any atom is -0.481 e. The maximum Gasteiger partial charge on any atom is 0.307 e. The summed E-state index contributed by atoms with van der Waals surface area (Å²) in [6.07, 6.45) is 4.36. The van der Waals surface area contributed by atoms with Crippen LogP contribution in [0.15, 0.2) is 12.2 Å². The first-order valence-corrected chi connectivity index (χ1v) is 6.94. The molecule has 0 bridgehead atoms. The molecule has 1 aliphatic rings. The van der Waals surface area contributed by atoms with Crippen molar-refractivity contribution in [3.8, 4) is 0 Å². The van der Waals surface area contributed by atoms with Gasteiger partial charge in [-0.25, -0.2) is 0 Å². The molecule has 0 aromatic carbocycles. The third-order valence-electron chi connectivity index (χ3n) is 3.62. The summed E-state index contributed by atoms with van der Waals surface area (Å²) in [5.74, 6) is -2.78. The summed E-state index contributed by atoms with van der Waals surface area (Å²) in [5.41, 5.74) is 0. The highest BCUT2D eigenvalue weighted by atomic mass is 16.4. The Morgan fingerprint density at radius 2 is 1.70 bits per heavy atom. The average molecular weight is 282 g/mol. The number of carboxylic acids is 1. The van der Waals surface area contributed by atoms with Crippen LogP contribution in [0.1, 0.15) is 26.7 Å². The van der Waals surface area contributed by atoms with Gasteiger partial charge in [0.2, 0.25) is 11.8 Å². The number of hydrogen-bond acceptors (Lipinski definition) is 3. The predicted octanol–water partition coefficient (Wildman–Crippen LogP) is 0.638. The van der Waals surface area contributed by atoms with Crippen molar-refractivity contribution in [3.05, 3.63) is 12.2 Å². The fourth-order valence-corrected chi connectivity index (χ4v) is 2.36. The Bertz CT molecular complexity index is 402. The highest BCUT2D eigenvalue weighted by Gasteiger charge is 2.34. The molecule has 2 N–H and O–H groups in total. The first-order valence-electron chi connectivity index (χ1n) is 6.94. The number of carbonyl (C=O) groups excluding carboxylic acids is 2. The van der Waals surface area contributed by atoms with E-state index in [0.717, 1.165) is 0 Å². The molecule has 2 amide bonds. The molecule has 0 heterocycles. The lowest BCUT2D eigenvalue weighted by Gasteiger charge is -2.25. The number of rotatable bonds is 6. The second-order valence-corrected chi connectivity index (χ2v) is 4.78. The van der Waals surface area contributed by atoms with Gasteiger partial charge in [-0.15, -0.1) is 0 Å². The van der Waals surface area contributed by atoms with Gasteiger partial charge in [0.1, 0.15) is 0 Å². The second kappa shape index (κ2) is 7.67. The average Bonchev–Trinajstić information content (AvgIpc) is 2.46. The topological polar surface area (TPSA) is 86.7 Å². The molecule has 6 nitrogen and oxygen atoms in total. The van der Waals surface area contributed by atoms with Crippen molar-refractivity contribution < 1.29 is 19.5 Å². The molecule has 1 aliphatic carbocycles. The minimum atomic E-state index is -0.968. The molecule has 0 fully saturated rings. The highest BCUT2D eigenvalue weighted by Crippen LogP contribution is 2.25. The normalized spacial score (nSPS) is 21.3. The summed E-state index contributed by atoms with van der Waals surface area (Å²) in [6.45, 7) is 4.85. The molecule has 0 saturated carbocycles. The molecule has 1 rings (SSSR count). The maximum absolute atomic E-state index is 12.0. The quantitative estimate of drug-likeness (QED) is 0.700. The number of carboxylic acid groups (broad SMARTS) is 1. The van der Waals surface area contributed by atoms with E-state index in [1.54, 1.807) is 11.0 Å². The number of amides is 2. The van der Waals surface area contributed by atoms with Gasteiger partial charge in [-0.05, 0) is 26.7 Å². The Morgan fingerprint density at radius 3 is 2.20 bits per heavy atom. The summed E-state index contributed by atoms with van der Waals surface area (Å²) >= 11 is 0. The Kier molecular flexibility index (Phi) is 6.21. The van der Waals surface area contributed by atoms with Gasteiger partial charge >= 0.3 is 5.97 Å². The van der Waals surface area contributed by atoms with E-state index in [0.29, 0.717) is 25.9 Å². The molecule has 0 saturated heterocycles. The monoisotopic (exact) mass is 282 g/mol. The van der Waals surface area contributed by atoms with Gasteiger partial charge in [-0.3, -0.25) is 14.4 Å². The molecular formula is C14H22N2O4. The molecule has 2 atom stereocenters. The maximum atomic E-state index is 12.0. The SMILES string of the molecule is CCN(CC)C(=O)CNC(=O)[C@@H]1CC=CC[C@@H]1C(=O)O. The van der Waals surface area contributed by atoms with Gasteiger partial charge in [-0.1, -0.05) is 12.2 Å². The molecule has 0 spiro atoms. The molecule has 112 valence electrons. The molecule has 0 unspecified atom stereocenters. The van der Waals surface area contributed by atoms with Crippen LogP contribution in [0.4, 0.5) is 0 Å². The van der Waals surface area contributed by atoms with Gasteiger partial charge in [0, 0.05) is 13.1 Å². The van der Waals surface area contributed by atoms with E-state index >= 15 is 0 Å². The van der Waals surface area contributed by atoms with Gasteiger partial charge in [0.25, 0.3) is 0 Å². The molecule has 20 heavy (non-hydrogen) atoms. The van der Waals surface area contributed by atoms with Gasteiger partial charge < -0.3 is 15.3 Å². The molecule has 6 heteroatoms. The third-order valence-corrected chi connectivity index (χ3v) is 3.62. The lowest BCUT2D eigenvalue weighted by Crippen LogP contribution is -2.44. The zero-order valence-corrected chi connectivity index (χ0v) is 12.0. The van der Waals surface area contributed by atoms with Crippen molar-refractivity contribution in [2.45, 2.75) is 26.7 Å². The van der Waals surface area contributed by atoms with E-state index in [9.17, 15) is 14.4 Å². The van der Waals surface area contributed by atoms with Gasteiger partial charge in [-0.2, -0.15) is 0 Å². The molecule has 0 aliphatic heterocycles. The molecular weight excluding hydrogens is 260 g/mol. The Labute approximate surface area is 118 Å². The highest BCUT2D eigenvalue weighted by molar-refractivity contribution is 5.88. The molecule has 0 aromatic heterocycles. The lowest BCUT2D eigenvalue weighted by atomic mass is 9.82. The third kappa shape index (κ3) is 4.08. The summed E-state index contributed by atoms with van der Waals surface area (Å²) in [5, 5.41) is 11.7. The lowest BCUT2D eigenvalue weighted by molar-refractivity contribution is -0.147. The summed E-state index contributed by atoms with van der Waals surface area (Å²) < 4.78 is 0. The van der Waals surface area contributed by atoms with Crippen molar-refractivity contribution in [2.24, 2.45) is 11.8 Å². The van der Waals surface area contributed by atoms with E-state index < -0.39 is 17.8 Å². The number of nitrogens with one attached hydrogen (secondary N) is 1. The van der Waals surface area contributed by atoms with Crippen molar-refractivity contribution in [1.82, 2.24) is 10.2 Å². The zero-order chi connectivity index (χ0) is 15.1. The Balaban J connectivity index is 2.55. The van der Waals surface area contributed by atoms with Crippen molar-refractivity contribution in [3.63, 3.8) is 0 Å². The van der Waals surface area contributed by atoms with Crippen LogP contribution in [0, 0.1) is 11.8 Å². The fraction of sp³-hybridized carbons (Fsp3) is 0.643. The molecule has 0 aromatic rings. The standard InChI is InChI=1S/C14H22N2O4/c1-3-16(4-2)12(17)9-15-13(18)10-7-5-6-8-11(10)14(19)20/h5-6,10-11H,3-4,7-9H2,1-2H3,(H,15,18)(H,19,20)/t10-,11+/m1/s1. The Morgan fingerprint density at radius 1 is 1.15 bits per heavy atom. The van der Waals surface area contributed by atoms with Crippen LogP contribution in [0.3, 0.4) is 0 Å². The number of aliphatic carboxylic acids is 1. The van der Waals surface area contributed by atoms with E-state index in [2.05, 4.69) is 5.32 Å². The van der Waals surface area contributed by atoms with Crippen LogP contribution in [0.5, 0.6) is 0 Å². The van der Waals surface area contributed by atoms with E-state index in [1.807, 2.05) is 19.9 Å². The van der Waals surface area contributed by atoms with E-state index in [-0.39, 0.29) is 18.4 Å². The largest absolute Gasteiger partial charge is 0.481 e. The zero-order valence-electron chi connectivity index (χ0n) is 12.0. The number of hydrogen-bond donors (Lipinski definition) is 2. The first kappa shape index (κ1) is 16.2. The van der Waals surface area contributed by atoms with Gasteiger partial charge in [0.15, 0.2) is 0 Å².